The summed E-state index contributed by atoms with van der Waals surface area (Å²) >= 11 is 1.35. The van der Waals surface area contributed by atoms with Gasteiger partial charge in [-0.2, -0.15) is 0 Å². The van der Waals surface area contributed by atoms with Gasteiger partial charge < -0.3 is 14.8 Å². The molecule has 28 heavy (non-hydrogen) atoms. The van der Waals surface area contributed by atoms with E-state index in [0.29, 0.717) is 6.42 Å². The Kier molecular flexibility index (Phi) is 8.32. The minimum atomic E-state index is -0.756. The molecule has 1 amide bonds. The van der Waals surface area contributed by atoms with Crippen molar-refractivity contribution >= 4 is 40.4 Å². The first-order valence-corrected chi connectivity index (χ1v) is 10.1. The van der Waals surface area contributed by atoms with Crippen LogP contribution in [0.3, 0.4) is 0 Å². The van der Waals surface area contributed by atoms with Gasteiger partial charge in [-0.05, 0) is 28.8 Å². The van der Waals surface area contributed by atoms with Crippen molar-refractivity contribution in [1.82, 2.24) is 5.32 Å². The fraction of sp³-hybridized carbons (Fsp3) is 0.381. The Hall–Kier alpha value is -2.54. The van der Waals surface area contributed by atoms with E-state index in [1.54, 1.807) is 0 Å². The molecule has 0 saturated carbocycles. The minimum absolute atomic E-state index is 0.0874. The first-order chi connectivity index (χ1) is 13.4. The largest absolute Gasteiger partial charge is 0.467 e. The summed E-state index contributed by atoms with van der Waals surface area (Å²) in [6, 6.07) is 13.2. The monoisotopic (exact) mass is 403 g/mol. The molecule has 2 aromatic rings. The summed E-state index contributed by atoms with van der Waals surface area (Å²) in [6.45, 7) is 3.33. The maximum absolute atomic E-state index is 12.0. The third-order valence-corrected chi connectivity index (χ3v) is 5.39. The van der Waals surface area contributed by atoms with Crippen LogP contribution in [0.5, 0.6) is 0 Å². The number of hydrogen-bond acceptors (Lipinski definition) is 6. The third kappa shape index (κ3) is 6.27. The molecular formula is C21H25NO5S. The number of methoxy groups -OCH3 is 1. The predicted molar refractivity (Wildman–Crippen MR) is 109 cm³/mol. The molecule has 0 aliphatic carbocycles. The molecule has 2 rings (SSSR count). The van der Waals surface area contributed by atoms with Crippen molar-refractivity contribution in [2.45, 2.75) is 31.2 Å². The highest BCUT2D eigenvalue weighted by Gasteiger charge is 2.26. The molecule has 0 heterocycles. The third-order valence-electron chi connectivity index (χ3n) is 4.43. The van der Waals surface area contributed by atoms with Crippen LogP contribution in [0.4, 0.5) is 0 Å². The van der Waals surface area contributed by atoms with E-state index in [9.17, 15) is 14.4 Å². The summed E-state index contributed by atoms with van der Waals surface area (Å²) in [5.74, 6) is -1.53. The predicted octanol–water partition coefficient (Wildman–Crippen LogP) is 3.18. The molecule has 2 atom stereocenters. The smallest absolute Gasteiger partial charge is 0.328 e. The number of carbonyl (C=O) groups is 3. The second-order valence-corrected chi connectivity index (χ2v) is 7.46. The molecule has 0 aliphatic heterocycles. The topological polar surface area (TPSA) is 81.7 Å². The highest BCUT2D eigenvalue weighted by atomic mass is 32.2. The molecule has 0 aliphatic rings. The number of amides is 1. The van der Waals surface area contributed by atoms with E-state index in [-0.39, 0.29) is 11.7 Å². The molecule has 0 fully saturated rings. The van der Waals surface area contributed by atoms with Gasteiger partial charge in [-0.3, -0.25) is 9.59 Å². The summed E-state index contributed by atoms with van der Waals surface area (Å²) < 4.78 is 9.73. The van der Waals surface area contributed by atoms with Crippen LogP contribution >= 0.6 is 11.8 Å². The Morgan fingerprint density at radius 1 is 1.11 bits per heavy atom. The van der Waals surface area contributed by atoms with Gasteiger partial charge in [-0.15, -0.1) is 11.8 Å². The fourth-order valence-corrected chi connectivity index (χ4v) is 3.34. The molecule has 1 N–H and O–H groups in total. The summed E-state index contributed by atoms with van der Waals surface area (Å²) in [5, 5.41) is 4.80. The highest BCUT2D eigenvalue weighted by molar-refractivity contribution is 8.00. The Bertz CT molecular complexity index is 838. The number of nitrogens with one attached hydrogen (secondary N) is 1. The maximum atomic E-state index is 12.0. The molecular weight excluding hydrogens is 378 g/mol. The number of thioether (sulfide) groups is 1. The number of carbonyl (C=O) groups excluding carboxylic acids is 3. The van der Waals surface area contributed by atoms with E-state index in [0.717, 1.165) is 15.7 Å². The van der Waals surface area contributed by atoms with Gasteiger partial charge in [0.1, 0.15) is 6.04 Å². The van der Waals surface area contributed by atoms with Crippen molar-refractivity contribution in [3.05, 3.63) is 42.5 Å². The Labute approximate surface area is 169 Å². The zero-order valence-corrected chi connectivity index (χ0v) is 17.1. The fourth-order valence-electron chi connectivity index (χ4n) is 2.60. The van der Waals surface area contributed by atoms with E-state index < -0.39 is 30.5 Å². The molecule has 0 saturated heterocycles. The molecule has 0 bridgehead atoms. The van der Waals surface area contributed by atoms with Crippen LogP contribution in [0.15, 0.2) is 47.4 Å². The number of benzene rings is 2. The minimum Gasteiger partial charge on any atom is -0.467 e. The maximum Gasteiger partial charge on any atom is 0.328 e. The molecule has 0 spiro atoms. The van der Waals surface area contributed by atoms with Crippen molar-refractivity contribution in [3.8, 4) is 0 Å². The number of rotatable bonds is 9. The molecule has 7 heteroatoms. The quantitative estimate of drug-likeness (QED) is 0.512. The van der Waals surface area contributed by atoms with Crippen molar-refractivity contribution in [2.75, 3.05) is 19.5 Å². The Morgan fingerprint density at radius 2 is 1.82 bits per heavy atom. The van der Waals surface area contributed by atoms with E-state index in [2.05, 4.69) is 5.32 Å². The lowest BCUT2D eigenvalue weighted by Gasteiger charge is -2.21. The van der Waals surface area contributed by atoms with Crippen LogP contribution in [0.25, 0.3) is 10.8 Å². The number of hydrogen-bond donors (Lipinski definition) is 1. The lowest BCUT2D eigenvalue weighted by Crippen LogP contribution is -2.47. The summed E-state index contributed by atoms with van der Waals surface area (Å²) in [6.07, 6.45) is 0.697. The second-order valence-electron chi connectivity index (χ2n) is 6.41. The highest BCUT2D eigenvalue weighted by Crippen LogP contribution is 2.23. The molecule has 2 aromatic carbocycles. The van der Waals surface area contributed by atoms with Crippen LogP contribution in [-0.2, 0) is 23.9 Å². The van der Waals surface area contributed by atoms with Gasteiger partial charge in [0.15, 0.2) is 6.61 Å². The lowest BCUT2D eigenvalue weighted by atomic mass is 9.99. The molecule has 0 radical (unpaired) electrons. The van der Waals surface area contributed by atoms with Gasteiger partial charge in [0.25, 0.3) is 5.91 Å². The summed E-state index contributed by atoms with van der Waals surface area (Å²) in [7, 11) is 1.27. The van der Waals surface area contributed by atoms with Crippen molar-refractivity contribution in [2.24, 2.45) is 5.92 Å². The van der Waals surface area contributed by atoms with Crippen LogP contribution in [0, 0.1) is 5.92 Å². The second kappa shape index (κ2) is 10.7. The zero-order valence-electron chi connectivity index (χ0n) is 16.3. The molecule has 6 nitrogen and oxygen atoms in total. The Morgan fingerprint density at radius 3 is 2.50 bits per heavy atom. The van der Waals surface area contributed by atoms with Gasteiger partial charge in [0, 0.05) is 4.90 Å². The summed E-state index contributed by atoms with van der Waals surface area (Å²) in [4.78, 5) is 36.7. The van der Waals surface area contributed by atoms with Crippen LogP contribution in [0.2, 0.25) is 0 Å². The SMILES string of the molecule is CC[C@@H](C)[C@@H](NC(=O)COC(=O)CSc1ccc2ccccc2c1)C(=O)OC. The number of ether oxygens (including phenoxy) is 2. The van der Waals surface area contributed by atoms with Crippen LogP contribution in [0.1, 0.15) is 20.3 Å². The molecule has 0 aromatic heterocycles. The first kappa shape index (κ1) is 21.8. The van der Waals surface area contributed by atoms with Gasteiger partial charge in [-0.1, -0.05) is 50.6 Å². The molecule has 0 unspecified atom stereocenters. The number of fused-ring (bicyclic) bond motifs is 1. The average molecular weight is 404 g/mol. The zero-order chi connectivity index (χ0) is 20.5. The van der Waals surface area contributed by atoms with Gasteiger partial charge >= 0.3 is 11.9 Å². The number of esters is 2. The standard InChI is InChI=1S/C21H25NO5S/c1-4-14(2)20(21(25)26-3)22-18(23)12-27-19(24)13-28-17-10-9-15-7-5-6-8-16(15)11-17/h5-11,14,20H,4,12-13H2,1-3H3,(H,22,23)/t14-,20-/m1/s1. The van der Waals surface area contributed by atoms with Gasteiger partial charge in [-0.25, -0.2) is 4.79 Å². The van der Waals surface area contributed by atoms with Crippen molar-refractivity contribution in [1.29, 1.82) is 0 Å². The van der Waals surface area contributed by atoms with E-state index in [4.69, 9.17) is 9.47 Å². The van der Waals surface area contributed by atoms with Crippen LogP contribution < -0.4 is 5.32 Å². The Balaban J connectivity index is 1.80. The van der Waals surface area contributed by atoms with E-state index in [1.165, 1.54) is 18.9 Å². The normalized spacial score (nSPS) is 12.8. The van der Waals surface area contributed by atoms with Crippen molar-refractivity contribution < 1.29 is 23.9 Å². The lowest BCUT2D eigenvalue weighted by molar-refractivity contribution is -0.149. The van der Waals surface area contributed by atoms with Gasteiger partial charge in [0.05, 0.1) is 12.9 Å². The van der Waals surface area contributed by atoms with E-state index in [1.807, 2.05) is 56.3 Å². The molecule has 150 valence electrons. The van der Waals surface area contributed by atoms with Gasteiger partial charge in [0.2, 0.25) is 0 Å². The van der Waals surface area contributed by atoms with Crippen LogP contribution in [-0.4, -0.2) is 43.4 Å². The average Bonchev–Trinajstić information content (AvgIpc) is 2.73. The van der Waals surface area contributed by atoms with Crippen molar-refractivity contribution in [3.63, 3.8) is 0 Å². The summed E-state index contributed by atoms with van der Waals surface area (Å²) in [5.41, 5.74) is 0. The first-order valence-electron chi connectivity index (χ1n) is 9.09. The van der Waals surface area contributed by atoms with E-state index >= 15 is 0 Å².